The number of likely N-dealkylation sites (tertiary alicyclic amines) is 2. The molecule has 106 valence electrons. The van der Waals surface area contributed by atoms with Gasteiger partial charge in [-0.1, -0.05) is 20.8 Å². The Morgan fingerprint density at radius 3 is 2.06 bits per heavy atom. The number of piperidine rings is 1. The summed E-state index contributed by atoms with van der Waals surface area (Å²) in [5, 5.41) is 0. The highest BCUT2D eigenvalue weighted by Crippen LogP contribution is 2.35. The van der Waals surface area contributed by atoms with Crippen LogP contribution in [-0.4, -0.2) is 48.1 Å². The number of fused-ring (bicyclic) bond motifs is 1. The lowest BCUT2D eigenvalue weighted by Crippen LogP contribution is -2.43. The minimum Gasteiger partial charge on any atom is -0.302 e. The summed E-state index contributed by atoms with van der Waals surface area (Å²) in [6, 6.07) is 0. The van der Waals surface area contributed by atoms with Crippen molar-refractivity contribution in [3.63, 3.8) is 0 Å². The summed E-state index contributed by atoms with van der Waals surface area (Å²) in [5.74, 6) is 1.88. The maximum atomic E-state index is 2.70. The number of nitrogens with zero attached hydrogens (tertiary/aromatic N) is 2. The molecule has 2 saturated heterocycles. The molecule has 0 saturated carbocycles. The molecule has 0 aliphatic carbocycles. The van der Waals surface area contributed by atoms with Gasteiger partial charge in [-0.2, -0.15) is 0 Å². The molecule has 0 aromatic rings. The molecule has 0 amide bonds. The highest BCUT2D eigenvalue weighted by Gasteiger charge is 2.40. The summed E-state index contributed by atoms with van der Waals surface area (Å²) in [6.07, 6.45) is 1.41. The molecule has 18 heavy (non-hydrogen) atoms. The van der Waals surface area contributed by atoms with E-state index in [1.807, 2.05) is 0 Å². The largest absolute Gasteiger partial charge is 0.302 e. The molecular weight excluding hydrogens is 220 g/mol. The lowest BCUT2D eigenvalue weighted by molar-refractivity contribution is 0.109. The molecule has 2 aliphatic rings. The van der Waals surface area contributed by atoms with Gasteiger partial charge in [-0.25, -0.2) is 0 Å². The van der Waals surface area contributed by atoms with Gasteiger partial charge in [0.25, 0.3) is 0 Å². The van der Waals surface area contributed by atoms with Crippen molar-refractivity contribution in [3.8, 4) is 0 Å². The van der Waals surface area contributed by atoms with Crippen LogP contribution < -0.4 is 0 Å². The van der Waals surface area contributed by atoms with E-state index >= 15 is 0 Å². The van der Waals surface area contributed by atoms with Crippen LogP contribution in [0.3, 0.4) is 0 Å². The minimum absolute atomic E-state index is 0.353. The predicted molar refractivity (Wildman–Crippen MR) is 78.8 cm³/mol. The van der Waals surface area contributed by atoms with Crippen molar-refractivity contribution in [2.24, 2.45) is 17.3 Å². The lowest BCUT2D eigenvalue weighted by Gasteiger charge is -2.38. The van der Waals surface area contributed by atoms with Crippen LogP contribution in [0.15, 0.2) is 0 Å². The van der Waals surface area contributed by atoms with E-state index in [1.165, 1.54) is 39.1 Å². The van der Waals surface area contributed by atoms with Crippen LogP contribution in [0, 0.1) is 17.3 Å². The quantitative estimate of drug-likeness (QED) is 0.707. The predicted octanol–water partition coefficient (Wildman–Crippen LogP) is 3.08. The summed E-state index contributed by atoms with van der Waals surface area (Å²) in [7, 11) is 0. The normalized spacial score (nSPS) is 31.7. The van der Waals surface area contributed by atoms with E-state index in [9.17, 15) is 0 Å². The fourth-order valence-corrected chi connectivity index (χ4v) is 3.61. The van der Waals surface area contributed by atoms with Crippen molar-refractivity contribution in [1.82, 2.24) is 9.80 Å². The Hall–Kier alpha value is -0.0800. The summed E-state index contributed by atoms with van der Waals surface area (Å²) in [5.41, 5.74) is 0.793. The average molecular weight is 252 g/mol. The summed E-state index contributed by atoms with van der Waals surface area (Å²) in [6.45, 7) is 20.7. The zero-order valence-electron chi connectivity index (χ0n) is 13.3. The Labute approximate surface area is 114 Å². The van der Waals surface area contributed by atoms with E-state index in [1.54, 1.807) is 0 Å². The molecule has 2 atom stereocenters. The Morgan fingerprint density at radius 1 is 0.889 bits per heavy atom. The van der Waals surface area contributed by atoms with Gasteiger partial charge >= 0.3 is 0 Å². The molecule has 0 bridgehead atoms. The van der Waals surface area contributed by atoms with Gasteiger partial charge < -0.3 is 4.90 Å². The molecule has 0 aromatic heterocycles. The van der Waals surface area contributed by atoms with Crippen LogP contribution >= 0.6 is 0 Å². The fraction of sp³-hybridized carbons (Fsp3) is 1.00. The van der Waals surface area contributed by atoms with Crippen LogP contribution in [0.5, 0.6) is 0 Å². The zero-order chi connectivity index (χ0) is 13.6. The summed E-state index contributed by atoms with van der Waals surface area (Å²) >= 11 is 0. The zero-order valence-corrected chi connectivity index (χ0v) is 13.3. The van der Waals surface area contributed by atoms with Crippen LogP contribution in [0.25, 0.3) is 0 Å². The minimum atomic E-state index is 0.353. The van der Waals surface area contributed by atoms with Gasteiger partial charge in [-0.3, -0.25) is 4.90 Å². The van der Waals surface area contributed by atoms with Gasteiger partial charge in [-0.15, -0.1) is 0 Å². The Balaban J connectivity index is 1.91. The Morgan fingerprint density at radius 2 is 1.50 bits per heavy atom. The van der Waals surface area contributed by atoms with Gasteiger partial charge in [0, 0.05) is 31.7 Å². The molecule has 0 radical (unpaired) electrons. The standard InChI is InChI=1S/C16H32N2/c1-15(2,3)12-17-8-7-13-10-18(16(4,5)6)11-14(13)9-17/h13-14H,7-12H2,1-6H3. The van der Waals surface area contributed by atoms with Gasteiger partial charge in [0.1, 0.15) is 0 Å². The fourth-order valence-electron chi connectivity index (χ4n) is 3.61. The van der Waals surface area contributed by atoms with Crippen molar-refractivity contribution in [2.45, 2.75) is 53.5 Å². The Kier molecular flexibility index (Phi) is 3.81. The van der Waals surface area contributed by atoms with Crippen LogP contribution in [-0.2, 0) is 0 Å². The van der Waals surface area contributed by atoms with E-state index in [2.05, 4.69) is 51.3 Å². The molecule has 0 N–H and O–H groups in total. The first-order valence-electron chi connectivity index (χ1n) is 7.62. The van der Waals surface area contributed by atoms with Crippen LogP contribution in [0.2, 0.25) is 0 Å². The Bertz CT molecular complexity index is 284. The van der Waals surface area contributed by atoms with Gasteiger partial charge in [0.05, 0.1) is 0 Å². The molecule has 0 spiro atoms. The third kappa shape index (κ3) is 3.48. The molecule has 2 unspecified atom stereocenters. The van der Waals surface area contributed by atoms with Gasteiger partial charge in [0.15, 0.2) is 0 Å². The SMILES string of the molecule is CC(C)(C)CN1CCC2CN(C(C)(C)C)CC2C1. The van der Waals surface area contributed by atoms with Gasteiger partial charge in [-0.05, 0) is 51.0 Å². The number of hydrogen-bond acceptors (Lipinski definition) is 2. The second-order valence-electron chi connectivity index (χ2n) is 8.68. The summed E-state index contributed by atoms with van der Waals surface area (Å²) in [4.78, 5) is 5.40. The molecule has 2 nitrogen and oxygen atoms in total. The van der Waals surface area contributed by atoms with E-state index in [0.717, 1.165) is 11.8 Å². The lowest BCUT2D eigenvalue weighted by atomic mass is 9.87. The van der Waals surface area contributed by atoms with E-state index < -0.39 is 0 Å². The third-order valence-corrected chi connectivity index (χ3v) is 4.53. The molecule has 2 heteroatoms. The highest BCUT2D eigenvalue weighted by molar-refractivity contribution is 4.94. The first kappa shape index (κ1) is 14.3. The second kappa shape index (κ2) is 4.79. The third-order valence-electron chi connectivity index (χ3n) is 4.53. The van der Waals surface area contributed by atoms with E-state index in [0.29, 0.717) is 11.0 Å². The first-order valence-corrected chi connectivity index (χ1v) is 7.62. The van der Waals surface area contributed by atoms with E-state index in [4.69, 9.17) is 0 Å². The second-order valence-corrected chi connectivity index (χ2v) is 8.68. The molecule has 2 fully saturated rings. The molecule has 2 rings (SSSR count). The number of rotatable bonds is 1. The van der Waals surface area contributed by atoms with Crippen molar-refractivity contribution in [3.05, 3.63) is 0 Å². The van der Waals surface area contributed by atoms with E-state index in [-0.39, 0.29) is 0 Å². The molecule has 2 heterocycles. The maximum absolute atomic E-state index is 2.70. The summed E-state index contributed by atoms with van der Waals surface area (Å²) < 4.78 is 0. The average Bonchev–Trinajstić information content (AvgIpc) is 2.57. The highest BCUT2D eigenvalue weighted by atomic mass is 15.2. The first-order chi connectivity index (χ1) is 8.15. The van der Waals surface area contributed by atoms with Gasteiger partial charge in [0.2, 0.25) is 0 Å². The molecule has 2 aliphatic heterocycles. The van der Waals surface area contributed by atoms with Crippen LogP contribution in [0.1, 0.15) is 48.0 Å². The van der Waals surface area contributed by atoms with Crippen LogP contribution in [0.4, 0.5) is 0 Å². The topological polar surface area (TPSA) is 6.48 Å². The maximum Gasteiger partial charge on any atom is 0.0125 e. The smallest absolute Gasteiger partial charge is 0.0125 e. The monoisotopic (exact) mass is 252 g/mol. The van der Waals surface area contributed by atoms with Crippen molar-refractivity contribution in [1.29, 1.82) is 0 Å². The van der Waals surface area contributed by atoms with Crippen molar-refractivity contribution in [2.75, 3.05) is 32.7 Å². The molecule has 0 aromatic carbocycles. The number of hydrogen-bond donors (Lipinski definition) is 0. The van der Waals surface area contributed by atoms with Crippen molar-refractivity contribution < 1.29 is 0 Å². The van der Waals surface area contributed by atoms with Crippen molar-refractivity contribution >= 4 is 0 Å². The molecular formula is C16H32N2.